The molecule has 1 aromatic carbocycles. The van der Waals surface area contributed by atoms with Gasteiger partial charge in [0.2, 0.25) is 0 Å². The average molecular weight is 291 g/mol. The molecule has 0 N–H and O–H groups in total. The fourth-order valence-corrected chi connectivity index (χ4v) is 3.16. The van der Waals surface area contributed by atoms with Crippen LogP contribution in [0.5, 0.6) is 5.75 Å². The minimum Gasteiger partial charge on any atom is -0.487 e. The van der Waals surface area contributed by atoms with Crippen molar-refractivity contribution in [2.24, 2.45) is 0 Å². The monoisotopic (exact) mass is 290 g/mol. The Kier molecular flexibility index (Phi) is 3.29. The van der Waals surface area contributed by atoms with E-state index in [0.717, 1.165) is 35.5 Å². The summed E-state index contributed by atoms with van der Waals surface area (Å²) in [4.78, 5) is 0. The van der Waals surface area contributed by atoms with Gasteiger partial charge in [-0.25, -0.2) is 0 Å². The molecule has 1 atom stereocenters. The smallest absolute Gasteiger partial charge is 0.123 e. The van der Waals surface area contributed by atoms with E-state index in [1.165, 1.54) is 5.56 Å². The molecular weight excluding hydrogens is 272 g/mol. The van der Waals surface area contributed by atoms with Gasteiger partial charge in [-0.15, -0.1) is 11.6 Å². The van der Waals surface area contributed by atoms with Gasteiger partial charge in [0.1, 0.15) is 17.1 Å². The number of rotatable bonds is 3. The molecule has 0 radical (unpaired) electrons. The first-order valence-electron chi connectivity index (χ1n) is 7.02. The molecule has 0 amide bonds. The molecule has 0 spiro atoms. The number of aryl methyl sites for hydroxylation is 1. The maximum Gasteiger partial charge on any atom is 0.123 e. The number of alkyl halides is 1. The Morgan fingerprint density at radius 2 is 2.10 bits per heavy atom. The van der Waals surface area contributed by atoms with Crippen molar-refractivity contribution in [3.05, 3.63) is 53.0 Å². The predicted octanol–water partition coefficient (Wildman–Crippen LogP) is 4.88. The minimum absolute atomic E-state index is 0.118. The van der Waals surface area contributed by atoms with E-state index in [0.29, 0.717) is 0 Å². The molecule has 3 heteroatoms. The first-order chi connectivity index (χ1) is 9.50. The zero-order valence-corrected chi connectivity index (χ0v) is 12.8. The van der Waals surface area contributed by atoms with E-state index in [4.69, 9.17) is 20.8 Å². The van der Waals surface area contributed by atoms with E-state index >= 15 is 0 Å². The lowest BCUT2D eigenvalue weighted by Crippen LogP contribution is -2.24. The van der Waals surface area contributed by atoms with Crippen molar-refractivity contribution in [1.29, 1.82) is 0 Å². The molecule has 3 rings (SSSR count). The van der Waals surface area contributed by atoms with Gasteiger partial charge >= 0.3 is 0 Å². The molecule has 1 unspecified atom stereocenters. The highest BCUT2D eigenvalue weighted by atomic mass is 35.5. The Hall–Kier alpha value is -1.41. The molecule has 0 aliphatic carbocycles. The van der Waals surface area contributed by atoms with E-state index in [2.05, 4.69) is 26.8 Å². The van der Waals surface area contributed by atoms with Gasteiger partial charge in [0, 0.05) is 18.4 Å². The maximum atomic E-state index is 6.63. The van der Waals surface area contributed by atoms with Crippen LogP contribution in [0.3, 0.4) is 0 Å². The Labute approximate surface area is 124 Å². The molecule has 0 saturated heterocycles. The molecule has 0 bridgehead atoms. The second-order valence-electron chi connectivity index (χ2n) is 5.92. The summed E-state index contributed by atoms with van der Waals surface area (Å²) in [6.45, 7) is 6.29. The van der Waals surface area contributed by atoms with Gasteiger partial charge in [-0.2, -0.15) is 0 Å². The standard InChI is InChI=1S/C17H19ClO2/c1-4-14-13(7-8-19-14)16(18)11-5-6-15-12(9-11)10-17(2,3)20-15/h5-9,16H,4,10H2,1-3H3. The fourth-order valence-electron chi connectivity index (χ4n) is 2.83. The second-order valence-corrected chi connectivity index (χ2v) is 6.36. The Balaban J connectivity index is 1.93. The molecule has 1 aliphatic rings. The van der Waals surface area contributed by atoms with Gasteiger partial charge in [0.15, 0.2) is 0 Å². The van der Waals surface area contributed by atoms with Crippen LogP contribution in [0.15, 0.2) is 34.9 Å². The van der Waals surface area contributed by atoms with Crippen molar-refractivity contribution in [1.82, 2.24) is 0 Å². The number of halogens is 1. The molecule has 106 valence electrons. The molecule has 1 aromatic heterocycles. The molecule has 1 aliphatic heterocycles. The van der Waals surface area contributed by atoms with Gasteiger partial charge in [-0.3, -0.25) is 0 Å². The normalized spacial score (nSPS) is 17.6. The molecule has 2 nitrogen and oxygen atoms in total. The largest absolute Gasteiger partial charge is 0.487 e. The molecule has 2 heterocycles. The number of hydrogen-bond acceptors (Lipinski definition) is 2. The highest BCUT2D eigenvalue weighted by Crippen LogP contribution is 2.39. The van der Waals surface area contributed by atoms with Crippen molar-refractivity contribution >= 4 is 11.6 Å². The first kappa shape index (κ1) is 13.6. The predicted molar refractivity (Wildman–Crippen MR) is 80.6 cm³/mol. The number of ether oxygens (including phenoxy) is 1. The van der Waals surface area contributed by atoms with Gasteiger partial charge in [-0.05, 0) is 37.1 Å². The number of benzene rings is 1. The first-order valence-corrected chi connectivity index (χ1v) is 7.46. The van der Waals surface area contributed by atoms with Crippen LogP contribution in [0.25, 0.3) is 0 Å². The van der Waals surface area contributed by atoms with Gasteiger partial charge in [0.05, 0.1) is 11.6 Å². The zero-order chi connectivity index (χ0) is 14.3. The van der Waals surface area contributed by atoms with Gasteiger partial charge in [-0.1, -0.05) is 19.1 Å². The van der Waals surface area contributed by atoms with Crippen molar-refractivity contribution in [2.45, 2.75) is 44.6 Å². The number of furan rings is 1. The van der Waals surface area contributed by atoms with E-state index in [9.17, 15) is 0 Å². The third kappa shape index (κ3) is 2.33. The van der Waals surface area contributed by atoms with Crippen LogP contribution in [0.1, 0.15) is 48.6 Å². The van der Waals surface area contributed by atoms with E-state index in [-0.39, 0.29) is 11.0 Å². The van der Waals surface area contributed by atoms with Crippen LogP contribution in [0, 0.1) is 0 Å². The maximum absolute atomic E-state index is 6.63. The van der Waals surface area contributed by atoms with E-state index in [1.807, 2.05) is 18.2 Å². The van der Waals surface area contributed by atoms with Gasteiger partial charge in [0.25, 0.3) is 0 Å². The summed E-state index contributed by atoms with van der Waals surface area (Å²) in [5.74, 6) is 1.94. The van der Waals surface area contributed by atoms with Crippen molar-refractivity contribution in [2.75, 3.05) is 0 Å². The highest BCUT2D eigenvalue weighted by molar-refractivity contribution is 6.22. The van der Waals surface area contributed by atoms with Crippen LogP contribution in [0.4, 0.5) is 0 Å². The molecule has 0 saturated carbocycles. The Bertz CT molecular complexity index is 628. The lowest BCUT2D eigenvalue weighted by atomic mass is 9.97. The van der Waals surface area contributed by atoms with Crippen LogP contribution in [-0.4, -0.2) is 5.60 Å². The van der Waals surface area contributed by atoms with Crippen molar-refractivity contribution in [3.63, 3.8) is 0 Å². The highest BCUT2D eigenvalue weighted by Gasteiger charge is 2.30. The summed E-state index contributed by atoms with van der Waals surface area (Å²) in [5, 5.41) is -0.169. The average Bonchev–Trinajstić information content (AvgIpc) is 2.98. The van der Waals surface area contributed by atoms with Crippen molar-refractivity contribution < 1.29 is 9.15 Å². The third-order valence-corrected chi connectivity index (χ3v) is 4.24. The minimum atomic E-state index is -0.169. The lowest BCUT2D eigenvalue weighted by molar-refractivity contribution is 0.138. The topological polar surface area (TPSA) is 22.4 Å². The molecule has 20 heavy (non-hydrogen) atoms. The van der Waals surface area contributed by atoms with Crippen LogP contribution in [0.2, 0.25) is 0 Å². The SMILES string of the molecule is CCc1occc1C(Cl)c1ccc2c(c1)CC(C)(C)O2. The molecule has 2 aromatic rings. The molecular formula is C17H19ClO2. The van der Waals surface area contributed by atoms with E-state index in [1.54, 1.807) is 6.26 Å². The summed E-state index contributed by atoms with van der Waals surface area (Å²) in [6.07, 6.45) is 3.49. The second kappa shape index (κ2) is 4.85. The summed E-state index contributed by atoms with van der Waals surface area (Å²) in [6, 6.07) is 8.20. The number of fused-ring (bicyclic) bond motifs is 1. The fraction of sp³-hybridized carbons (Fsp3) is 0.412. The quantitative estimate of drug-likeness (QED) is 0.751. The van der Waals surface area contributed by atoms with E-state index < -0.39 is 0 Å². The third-order valence-electron chi connectivity index (χ3n) is 3.75. The lowest BCUT2D eigenvalue weighted by Gasteiger charge is -2.16. The van der Waals surface area contributed by atoms with Crippen LogP contribution < -0.4 is 4.74 Å². The van der Waals surface area contributed by atoms with Gasteiger partial charge < -0.3 is 9.15 Å². The number of hydrogen-bond donors (Lipinski definition) is 0. The molecule has 0 fully saturated rings. The summed E-state index contributed by atoms with van der Waals surface area (Å²) < 4.78 is 11.4. The summed E-state index contributed by atoms with van der Waals surface area (Å²) >= 11 is 6.63. The summed E-state index contributed by atoms with van der Waals surface area (Å²) in [5.41, 5.74) is 3.28. The van der Waals surface area contributed by atoms with Crippen molar-refractivity contribution in [3.8, 4) is 5.75 Å². The van der Waals surface area contributed by atoms with Crippen LogP contribution >= 0.6 is 11.6 Å². The van der Waals surface area contributed by atoms with Crippen LogP contribution in [-0.2, 0) is 12.8 Å². The zero-order valence-electron chi connectivity index (χ0n) is 12.1. The Morgan fingerprint density at radius 1 is 1.30 bits per heavy atom. The Morgan fingerprint density at radius 3 is 2.85 bits per heavy atom. The summed E-state index contributed by atoms with van der Waals surface area (Å²) in [7, 11) is 0.